The van der Waals surface area contributed by atoms with Gasteiger partial charge in [-0.25, -0.2) is 4.98 Å². The number of hydrogen-bond donors (Lipinski definition) is 1. The molecule has 7 heteroatoms. The standard InChI is InChI=1S/C13H11N4O2S/c14-12(18)10-5-6-17(16-10)7-8-20-13-15-9-3-1-2-4-11(9)19-13/h1-4,6H,7-8H2,(H2,14,18). The highest BCUT2D eigenvalue weighted by molar-refractivity contribution is 7.99. The number of para-hydroxylation sites is 2. The summed E-state index contributed by atoms with van der Waals surface area (Å²) < 4.78 is 7.21. The molecule has 0 spiro atoms. The van der Waals surface area contributed by atoms with Gasteiger partial charge in [0.1, 0.15) is 5.52 Å². The normalized spacial score (nSPS) is 11.0. The van der Waals surface area contributed by atoms with Gasteiger partial charge in [0.2, 0.25) is 0 Å². The molecule has 101 valence electrons. The summed E-state index contributed by atoms with van der Waals surface area (Å²) >= 11 is 1.49. The number of carbonyl (C=O) groups is 1. The first-order valence-corrected chi connectivity index (χ1v) is 6.94. The van der Waals surface area contributed by atoms with Crippen molar-refractivity contribution >= 4 is 28.8 Å². The number of aromatic nitrogens is 3. The lowest BCUT2D eigenvalue weighted by Gasteiger charge is -1.98. The molecule has 6 nitrogen and oxygen atoms in total. The average molecular weight is 287 g/mol. The van der Waals surface area contributed by atoms with Crippen molar-refractivity contribution in [2.45, 2.75) is 11.8 Å². The Labute approximate surface area is 119 Å². The molecule has 2 heterocycles. The molecule has 20 heavy (non-hydrogen) atoms. The molecule has 0 aliphatic carbocycles. The van der Waals surface area contributed by atoms with Gasteiger partial charge in [0.15, 0.2) is 11.3 Å². The summed E-state index contributed by atoms with van der Waals surface area (Å²) in [5, 5.41) is 4.63. The van der Waals surface area contributed by atoms with Crippen LogP contribution in [0.1, 0.15) is 10.5 Å². The van der Waals surface area contributed by atoms with Crippen LogP contribution < -0.4 is 5.73 Å². The maximum Gasteiger partial charge on any atom is 0.269 e. The third-order valence-corrected chi connectivity index (χ3v) is 3.44. The Kier molecular flexibility index (Phi) is 3.42. The highest BCUT2D eigenvalue weighted by Gasteiger charge is 2.07. The lowest BCUT2D eigenvalue weighted by molar-refractivity contribution is 0.0994. The Hall–Kier alpha value is -2.28. The predicted molar refractivity (Wildman–Crippen MR) is 74.3 cm³/mol. The minimum absolute atomic E-state index is 0.150. The van der Waals surface area contributed by atoms with Crippen molar-refractivity contribution in [3.05, 3.63) is 42.2 Å². The van der Waals surface area contributed by atoms with E-state index in [1.807, 2.05) is 24.3 Å². The molecule has 0 saturated heterocycles. The monoisotopic (exact) mass is 287 g/mol. The third kappa shape index (κ3) is 2.67. The summed E-state index contributed by atoms with van der Waals surface area (Å²) in [6.07, 6.45) is 1.60. The lowest BCUT2D eigenvalue weighted by Crippen LogP contribution is -2.13. The molecule has 2 N–H and O–H groups in total. The number of oxazole rings is 1. The number of rotatable bonds is 5. The van der Waals surface area contributed by atoms with E-state index in [0.29, 0.717) is 11.8 Å². The number of aryl methyl sites for hydroxylation is 1. The number of primary amides is 1. The van der Waals surface area contributed by atoms with Crippen LogP contribution >= 0.6 is 11.8 Å². The van der Waals surface area contributed by atoms with E-state index in [1.165, 1.54) is 11.8 Å². The van der Waals surface area contributed by atoms with E-state index < -0.39 is 5.91 Å². The zero-order valence-electron chi connectivity index (χ0n) is 10.4. The summed E-state index contributed by atoms with van der Waals surface area (Å²) in [5.74, 6) is 0.149. The van der Waals surface area contributed by atoms with Crippen LogP contribution in [-0.2, 0) is 6.54 Å². The van der Waals surface area contributed by atoms with Gasteiger partial charge in [-0.15, -0.1) is 0 Å². The average Bonchev–Trinajstić information content (AvgIpc) is 3.04. The second-order valence-electron chi connectivity index (χ2n) is 4.05. The van der Waals surface area contributed by atoms with Crippen LogP contribution in [0.15, 0.2) is 40.1 Å². The van der Waals surface area contributed by atoms with Crippen molar-refractivity contribution in [3.8, 4) is 0 Å². The number of fused-ring (bicyclic) bond motifs is 1. The van der Waals surface area contributed by atoms with E-state index >= 15 is 0 Å². The molecule has 0 aliphatic rings. The molecule has 1 aromatic carbocycles. The predicted octanol–water partition coefficient (Wildman–Crippen LogP) is 1.72. The first-order valence-electron chi connectivity index (χ1n) is 5.96. The largest absolute Gasteiger partial charge is 0.431 e. The van der Waals surface area contributed by atoms with Crippen molar-refractivity contribution in [1.29, 1.82) is 0 Å². The van der Waals surface area contributed by atoms with Gasteiger partial charge in [-0.2, -0.15) is 5.10 Å². The van der Waals surface area contributed by atoms with E-state index in [9.17, 15) is 4.79 Å². The van der Waals surface area contributed by atoms with Gasteiger partial charge < -0.3 is 10.2 Å². The Bertz CT molecular complexity index is 717. The molecular weight excluding hydrogens is 276 g/mol. The van der Waals surface area contributed by atoms with Crippen LogP contribution in [0.5, 0.6) is 0 Å². The number of hydrogen-bond acceptors (Lipinski definition) is 5. The van der Waals surface area contributed by atoms with Gasteiger partial charge in [-0.05, 0) is 12.1 Å². The molecule has 0 unspecified atom stereocenters. The molecule has 0 bridgehead atoms. The van der Waals surface area contributed by atoms with Gasteiger partial charge in [0.25, 0.3) is 11.1 Å². The van der Waals surface area contributed by atoms with Crippen LogP contribution in [0.3, 0.4) is 0 Å². The van der Waals surface area contributed by atoms with Crippen LogP contribution in [0, 0.1) is 6.07 Å². The molecule has 2 aromatic heterocycles. The maximum absolute atomic E-state index is 10.9. The lowest BCUT2D eigenvalue weighted by atomic mass is 10.3. The smallest absolute Gasteiger partial charge is 0.269 e. The van der Waals surface area contributed by atoms with Crippen molar-refractivity contribution < 1.29 is 9.21 Å². The third-order valence-electron chi connectivity index (χ3n) is 2.63. The first kappa shape index (κ1) is 12.7. The summed E-state index contributed by atoms with van der Waals surface area (Å²) in [6.45, 7) is 0.618. The molecule has 3 aromatic rings. The van der Waals surface area contributed by atoms with Crippen molar-refractivity contribution in [2.75, 3.05) is 5.75 Å². The van der Waals surface area contributed by atoms with Gasteiger partial charge >= 0.3 is 0 Å². The molecule has 0 aliphatic heterocycles. The summed E-state index contributed by atoms with van der Waals surface area (Å²) in [5.41, 5.74) is 6.89. The number of amides is 1. The van der Waals surface area contributed by atoms with Crippen molar-refractivity contribution in [1.82, 2.24) is 14.8 Å². The summed E-state index contributed by atoms with van der Waals surface area (Å²) in [6, 6.07) is 10.3. The SMILES string of the molecule is NC(=O)c1[c]cn(CCSc2nc3ccccc3o2)n1. The Balaban J connectivity index is 1.60. The second kappa shape index (κ2) is 5.38. The minimum Gasteiger partial charge on any atom is -0.431 e. The zero-order valence-corrected chi connectivity index (χ0v) is 11.3. The van der Waals surface area contributed by atoms with Gasteiger partial charge in [-0.3, -0.25) is 9.48 Å². The number of nitrogens with zero attached hydrogens (tertiary/aromatic N) is 3. The number of benzene rings is 1. The molecule has 0 saturated carbocycles. The highest BCUT2D eigenvalue weighted by Crippen LogP contribution is 2.23. The Morgan fingerprint density at radius 2 is 2.30 bits per heavy atom. The van der Waals surface area contributed by atoms with Crippen molar-refractivity contribution in [2.24, 2.45) is 5.73 Å². The van der Waals surface area contributed by atoms with Crippen molar-refractivity contribution in [3.63, 3.8) is 0 Å². The fourth-order valence-corrected chi connectivity index (χ4v) is 2.46. The van der Waals surface area contributed by atoms with E-state index in [4.69, 9.17) is 10.2 Å². The Morgan fingerprint density at radius 1 is 1.45 bits per heavy atom. The quantitative estimate of drug-likeness (QED) is 0.722. The number of carbonyl (C=O) groups excluding carboxylic acids is 1. The fraction of sp³-hybridized carbons (Fsp3) is 0.154. The number of nitrogens with two attached hydrogens (primary N) is 1. The topological polar surface area (TPSA) is 86.9 Å². The minimum atomic E-state index is -0.574. The van der Waals surface area contributed by atoms with E-state index in [0.717, 1.165) is 16.9 Å². The van der Waals surface area contributed by atoms with Gasteiger partial charge in [0.05, 0.1) is 6.54 Å². The summed E-state index contributed by atoms with van der Waals surface area (Å²) in [7, 11) is 0. The number of thioether (sulfide) groups is 1. The molecule has 1 amide bonds. The fourth-order valence-electron chi connectivity index (χ4n) is 1.70. The van der Waals surface area contributed by atoms with E-state index in [2.05, 4.69) is 16.1 Å². The van der Waals surface area contributed by atoms with Gasteiger partial charge in [-0.1, -0.05) is 23.9 Å². The molecule has 1 radical (unpaired) electrons. The van der Waals surface area contributed by atoms with Crippen LogP contribution in [0.25, 0.3) is 11.1 Å². The first-order chi connectivity index (χ1) is 9.72. The summed E-state index contributed by atoms with van der Waals surface area (Å²) in [4.78, 5) is 15.3. The highest BCUT2D eigenvalue weighted by atomic mass is 32.2. The van der Waals surface area contributed by atoms with Crippen LogP contribution in [-0.4, -0.2) is 26.4 Å². The molecule has 3 rings (SSSR count). The second-order valence-corrected chi connectivity index (χ2v) is 5.09. The Morgan fingerprint density at radius 3 is 3.05 bits per heavy atom. The van der Waals surface area contributed by atoms with Crippen LogP contribution in [0.4, 0.5) is 0 Å². The molecule has 0 atom stereocenters. The molecular formula is C13H11N4O2S. The maximum atomic E-state index is 10.9. The molecule has 0 fully saturated rings. The van der Waals surface area contributed by atoms with Gasteiger partial charge in [0, 0.05) is 18.0 Å². The van der Waals surface area contributed by atoms with E-state index in [-0.39, 0.29) is 5.69 Å². The van der Waals surface area contributed by atoms with Crippen LogP contribution in [0.2, 0.25) is 0 Å². The zero-order chi connectivity index (χ0) is 13.9. The van der Waals surface area contributed by atoms with E-state index in [1.54, 1.807) is 10.9 Å².